The number of likely N-dealkylation sites (N-methyl/N-ethyl adjacent to an activating group) is 1. The highest BCUT2D eigenvalue weighted by Gasteiger charge is 2.21. The number of quaternary nitrogens is 1. The van der Waals surface area contributed by atoms with Gasteiger partial charge in [-0.25, -0.2) is 0 Å². The van der Waals surface area contributed by atoms with Crippen molar-refractivity contribution in [2.45, 2.75) is 26.3 Å². The first-order valence-electron chi connectivity index (χ1n) is 8.75. The molecule has 0 spiro atoms. The van der Waals surface area contributed by atoms with E-state index in [1.807, 2.05) is 0 Å². The van der Waals surface area contributed by atoms with E-state index < -0.39 is 4.92 Å². The standard InChI is InChI=1S/C20H25N3O3/c1-5-15-6-8-16(9-7-15)20(22(3)4)13-21-18-11-10-17(14(2)24)12-19(18)23(25)26/h6-12,20-21H,5,13H2,1-4H3/p+1/t20-/m0/s1. The number of nitrogens with zero attached hydrogens (tertiary/aromatic N) is 1. The molecule has 0 saturated heterocycles. The lowest BCUT2D eigenvalue weighted by Crippen LogP contribution is -3.06. The van der Waals surface area contributed by atoms with E-state index in [0.717, 1.165) is 6.42 Å². The van der Waals surface area contributed by atoms with Crippen LogP contribution in [0.5, 0.6) is 0 Å². The van der Waals surface area contributed by atoms with Gasteiger partial charge in [-0.1, -0.05) is 31.2 Å². The number of rotatable bonds is 8. The molecule has 6 nitrogen and oxygen atoms in total. The first kappa shape index (κ1) is 19.6. The lowest BCUT2D eigenvalue weighted by Gasteiger charge is -2.23. The number of nitro groups is 1. The van der Waals surface area contributed by atoms with Crippen LogP contribution >= 0.6 is 0 Å². The molecule has 0 aliphatic heterocycles. The van der Waals surface area contributed by atoms with Crippen molar-refractivity contribution < 1.29 is 14.6 Å². The fourth-order valence-electron chi connectivity index (χ4n) is 2.90. The number of Topliss-reactive ketones (excluding diaryl/α,β-unsaturated/α-hetero) is 1. The smallest absolute Gasteiger partial charge is 0.293 e. The van der Waals surface area contributed by atoms with Crippen LogP contribution in [0.1, 0.15) is 41.4 Å². The van der Waals surface area contributed by atoms with Crippen LogP contribution in [-0.4, -0.2) is 31.3 Å². The summed E-state index contributed by atoms with van der Waals surface area (Å²) < 4.78 is 0. The molecule has 2 aromatic rings. The Hall–Kier alpha value is -2.73. The van der Waals surface area contributed by atoms with Crippen LogP contribution in [0.15, 0.2) is 42.5 Å². The fourth-order valence-corrected chi connectivity index (χ4v) is 2.90. The maximum atomic E-state index is 11.5. The third-order valence-corrected chi connectivity index (χ3v) is 4.58. The van der Waals surface area contributed by atoms with Gasteiger partial charge < -0.3 is 10.2 Å². The highest BCUT2D eigenvalue weighted by molar-refractivity contribution is 5.95. The van der Waals surface area contributed by atoms with E-state index in [9.17, 15) is 14.9 Å². The quantitative estimate of drug-likeness (QED) is 0.433. The molecule has 2 aromatic carbocycles. The summed E-state index contributed by atoms with van der Waals surface area (Å²) in [7, 11) is 4.13. The molecule has 0 aliphatic rings. The zero-order chi connectivity index (χ0) is 19.3. The number of hydrogen-bond acceptors (Lipinski definition) is 4. The molecule has 6 heteroatoms. The number of nitro benzene ring substituents is 1. The summed E-state index contributed by atoms with van der Waals surface area (Å²) in [5.41, 5.74) is 3.15. The van der Waals surface area contributed by atoms with Crippen LogP contribution in [0.3, 0.4) is 0 Å². The largest absolute Gasteiger partial charge is 0.373 e. The minimum Gasteiger partial charge on any atom is -0.373 e. The summed E-state index contributed by atoms with van der Waals surface area (Å²) in [6.07, 6.45) is 0.993. The van der Waals surface area contributed by atoms with E-state index in [0.29, 0.717) is 17.8 Å². The molecule has 0 aliphatic carbocycles. The molecule has 2 N–H and O–H groups in total. The lowest BCUT2D eigenvalue weighted by molar-refractivity contribution is -0.890. The Kier molecular flexibility index (Phi) is 6.46. The normalized spacial score (nSPS) is 12.0. The van der Waals surface area contributed by atoms with Crippen LogP contribution in [-0.2, 0) is 6.42 Å². The summed E-state index contributed by atoms with van der Waals surface area (Å²) in [6, 6.07) is 13.2. The number of aryl methyl sites for hydroxylation is 1. The second kappa shape index (κ2) is 8.58. The molecule has 26 heavy (non-hydrogen) atoms. The lowest BCUT2D eigenvalue weighted by atomic mass is 10.0. The Morgan fingerprint density at radius 1 is 1.19 bits per heavy atom. The van der Waals surface area contributed by atoms with Gasteiger partial charge in [-0.2, -0.15) is 0 Å². The highest BCUT2D eigenvalue weighted by atomic mass is 16.6. The highest BCUT2D eigenvalue weighted by Crippen LogP contribution is 2.26. The summed E-state index contributed by atoms with van der Waals surface area (Å²) in [5, 5.41) is 14.6. The van der Waals surface area contributed by atoms with Gasteiger partial charge in [-0.3, -0.25) is 14.9 Å². The molecule has 0 unspecified atom stereocenters. The number of anilines is 1. The SMILES string of the molecule is CCc1ccc([C@H](CNc2ccc(C(C)=O)cc2[N+](=O)[O-])[NH+](C)C)cc1. The first-order chi connectivity index (χ1) is 12.3. The number of carbonyl (C=O) groups is 1. The van der Waals surface area contributed by atoms with Crippen molar-refractivity contribution in [2.75, 3.05) is 26.0 Å². The van der Waals surface area contributed by atoms with Crippen molar-refractivity contribution in [3.63, 3.8) is 0 Å². The van der Waals surface area contributed by atoms with Gasteiger partial charge >= 0.3 is 0 Å². The molecule has 0 heterocycles. The predicted octanol–water partition coefficient (Wildman–Crippen LogP) is 2.66. The minimum atomic E-state index is -0.456. The molecule has 2 rings (SSSR count). The molecule has 1 atom stereocenters. The maximum Gasteiger partial charge on any atom is 0.293 e. The van der Waals surface area contributed by atoms with Crippen LogP contribution in [0.25, 0.3) is 0 Å². The second-order valence-electron chi connectivity index (χ2n) is 6.65. The summed E-state index contributed by atoms with van der Waals surface area (Å²) in [4.78, 5) is 23.6. The first-order valence-corrected chi connectivity index (χ1v) is 8.75. The molecule has 0 saturated carbocycles. The Bertz CT molecular complexity index is 785. The van der Waals surface area contributed by atoms with Gasteiger partial charge in [0.25, 0.3) is 5.69 Å². The van der Waals surface area contributed by atoms with Crippen molar-refractivity contribution in [1.82, 2.24) is 0 Å². The van der Waals surface area contributed by atoms with Crippen molar-refractivity contribution in [1.29, 1.82) is 0 Å². The number of benzene rings is 2. The monoisotopic (exact) mass is 356 g/mol. The van der Waals surface area contributed by atoms with Gasteiger partial charge in [0.05, 0.1) is 25.6 Å². The average Bonchev–Trinajstić information content (AvgIpc) is 2.62. The van der Waals surface area contributed by atoms with Crippen LogP contribution in [0.2, 0.25) is 0 Å². The average molecular weight is 356 g/mol. The van der Waals surface area contributed by atoms with E-state index >= 15 is 0 Å². The van der Waals surface area contributed by atoms with E-state index in [2.05, 4.69) is 50.6 Å². The Labute approximate surface area is 154 Å². The molecule has 0 bridgehead atoms. The van der Waals surface area contributed by atoms with Gasteiger partial charge in [-0.05, 0) is 31.0 Å². The van der Waals surface area contributed by atoms with Gasteiger partial charge in [0.1, 0.15) is 11.7 Å². The van der Waals surface area contributed by atoms with Gasteiger partial charge in [0.2, 0.25) is 0 Å². The molecule has 0 radical (unpaired) electrons. The summed E-state index contributed by atoms with van der Waals surface area (Å²) in [5.74, 6) is -0.189. The summed E-state index contributed by atoms with van der Waals surface area (Å²) in [6.45, 7) is 4.07. The van der Waals surface area contributed by atoms with Crippen LogP contribution < -0.4 is 10.2 Å². The van der Waals surface area contributed by atoms with Crippen molar-refractivity contribution >= 4 is 17.2 Å². The Morgan fingerprint density at radius 3 is 2.35 bits per heavy atom. The van der Waals surface area contributed by atoms with Crippen molar-refractivity contribution in [3.8, 4) is 0 Å². The Balaban J connectivity index is 2.23. The third kappa shape index (κ3) is 4.67. The molecular weight excluding hydrogens is 330 g/mol. The van der Waals surface area contributed by atoms with Gasteiger partial charge in [-0.15, -0.1) is 0 Å². The van der Waals surface area contributed by atoms with Gasteiger partial charge in [0, 0.05) is 17.2 Å². The zero-order valence-corrected chi connectivity index (χ0v) is 15.7. The van der Waals surface area contributed by atoms with E-state index in [1.54, 1.807) is 12.1 Å². The van der Waals surface area contributed by atoms with E-state index in [1.165, 1.54) is 29.0 Å². The maximum absolute atomic E-state index is 11.5. The predicted molar refractivity (Wildman–Crippen MR) is 103 cm³/mol. The van der Waals surface area contributed by atoms with Gasteiger partial charge in [0.15, 0.2) is 5.78 Å². The van der Waals surface area contributed by atoms with Crippen molar-refractivity contribution in [3.05, 3.63) is 69.3 Å². The molecule has 0 aromatic heterocycles. The molecule has 0 fully saturated rings. The number of nitrogens with one attached hydrogen (secondary N) is 2. The van der Waals surface area contributed by atoms with E-state index in [-0.39, 0.29) is 17.5 Å². The minimum absolute atomic E-state index is 0.0773. The second-order valence-corrected chi connectivity index (χ2v) is 6.65. The molecule has 138 valence electrons. The fraction of sp³-hybridized carbons (Fsp3) is 0.350. The van der Waals surface area contributed by atoms with Crippen LogP contribution in [0.4, 0.5) is 11.4 Å². The zero-order valence-electron chi connectivity index (χ0n) is 15.7. The number of hydrogen-bond donors (Lipinski definition) is 2. The van der Waals surface area contributed by atoms with Crippen molar-refractivity contribution in [2.24, 2.45) is 0 Å². The topological polar surface area (TPSA) is 76.7 Å². The Morgan fingerprint density at radius 2 is 1.85 bits per heavy atom. The number of ketones is 1. The molecular formula is C20H26N3O3+. The summed E-state index contributed by atoms with van der Waals surface area (Å²) >= 11 is 0. The van der Waals surface area contributed by atoms with E-state index in [4.69, 9.17) is 0 Å². The van der Waals surface area contributed by atoms with Crippen LogP contribution in [0, 0.1) is 10.1 Å². The third-order valence-electron chi connectivity index (χ3n) is 4.58. The molecule has 0 amide bonds. The number of carbonyl (C=O) groups excluding carboxylic acids is 1.